The van der Waals surface area contributed by atoms with E-state index in [1.807, 2.05) is 0 Å². The second kappa shape index (κ2) is 5.28. The van der Waals surface area contributed by atoms with E-state index in [2.05, 4.69) is 17.1 Å². The summed E-state index contributed by atoms with van der Waals surface area (Å²) >= 11 is 0. The standard InChI is InChI=1S/C8H15N5O2/c1-6-4-2-3-5-7(6)10-11-8(9)12-13(14)15/h6H,2-5H2,1H3,(H3,9,11,12)/b10-7-. The number of rotatable bonds is 2. The lowest BCUT2D eigenvalue weighted by molar-refractivity contribution is -0.525. The van der Waals surface area contributed by atoms with Gasteiger partial charge in [0.15, 0.2) is 5.03 Å². The monoisotopic (exact) mass is 213 g/mol. The van der Waals surface area contributed by atoms with Gasteiger partial charge in [-0.25, -0.2) is 10.1 Å². The van der Waals surface area contributed by atoms with E-state index < -0.39 is 5.03 Å². The molecule has 7 nitrogen and oxygen atoms in total. The van der Waals surface area contributed by atoms with Gasteiger partial charge in [-0.1, -0.05) is 18.8 Å². The topological polar surface area (TPSA) is 106 Å². The largest absolute Gasteiger partial charge is 0.364 e. The number of hydrogen-bond donors (Lipinski definition) is 2. The quantitative estimate of drug-likeness (QED) is 0.304. The van der Waals surface area contributed by atoms with Gasteiger partial charge < -0.3 is 5.73 Å². The van der Waals surface area contributed by atoms with Gasteiger partial charge in [0.25, 0.3) is 5.96 Å². The van der Waals surface area contributed by atoms with Gasteiger partial charge in [-0.2, -0.15) is 5.10 Å². The lowest BCUT2D eigenvalue weighted by Gasteiger charge is -2.18. The van der Waals surface area contributed by atoms with Crippen molar-refractivity contribution in [3.05, 3.63) is 10.1 Å². The summed E-state index contributed by atoms with van der Waals surface area (Å²) in [6.07, 6.45) is 4.29. The smallest absolute Gasteiger partial charge is 0.275 e. The zero-order valence-electron chi connectivity index (χ0n) is 8.64. The third kappa shape index (κ3) is 3.92. The van der Waals surface area contributed by atoms with Gasteiger partial charge in [-0.3, -0.25) is 0 Å². The van der Waals surface area contributed by atoms with E-state index in [4.69, 9.17) is 5.73 Å². The third-order valence-corrected chi connectivity index (χ3v) is 2.38. The van der Waals surface area contributed by atoms with E-state index in [-0.39, 0.29) is 5.96 Å². The molecule has 1 rings (SSSR count). The summed E-state index contributed by atoms with van der Waals surface area (Å²) < 4.78 is 0. The first-order valence-electron chi connectivity index (χ1n) is 4.90. The van der Waals surface area contributed by atoms with Crippen LogP contribution in [-0.4, -0.2) is 16.7 Å². The number of nitrogens with zero attached hydrogens (tertiary/aromatic N) is 3. The van der Waals surface area contributed by atoms with Gasteiger partial charge in [-0.15, -0.1) is 5.10 Å². The molecule has 0 aromatic rings. The van der Waals surface area contributed by atoms with Gasteiger partial charge in [0.2, 0.25) is 0 Å². The van der Waals surface area contributed by atoms with E-state index in [1.54, 1.807) is 5.43 Å². The molecule has 0 aromatic carbocycles. The first-order valence-corrected chi connectivity index (χ1v) is 4.90. The Morgan fingerprint density at radius 2 is 2.40 bits per heavy atom. The molecule has 0 saturated heterocycles. The van der Waals surface area contributed by atoms with Crippen LogP contribution in [0.15, 0.2) is 10.2 Å². The maximum absolute atomic E-state index is 10.0. The molecular weight excluding hydrogens is 198 g/mol. The minimum absolute atomic E-state index is 0.287. The molecule has 1 atom stereocenters. The van der Waals surface area contributed by atoms with Crippen LogP contribution in [0.1, 0.15) is 32.6 Å². The molecule has 0 amide bonds. The van der Waals surface area contributed by atoms with Crippen LogP contribution in [0.3, 0.4) is 0 Å². The third-order valence-electron chi connectivity index (χ3n) is 2.38. The van der Waals surface area contributed by atoms with Crippen LogP contribution in [0.25, 0.3) is 0 Å². The summed E-state index contributed by atoms with van der Waals surface area (Å²) in [7, 11) is 0. The van der Waals surface area contributed by atoms with E-state index in [1.165, 1.54) is 6.42 Å². The summed E-state index contributed by atoms with van der Waals surface area (Å²) in [6.45, 7) is 2.07. The molecule has 1 fully saturated rings. The lowest BCUT2D eigenvalue weighted by Crippen LogP contribution is -2.35. The van der Waals surface area contributed by atoms with Crippen LogP contribution in [0.5, 0.6) is 0 Å². The van der Waals surface area contributed by atoms with Gasteiger partial charge in [0.05, 0.1) is 0 Å². The number of hydrogen-bond acceptors (Lipinski definition) is 4. The van der Waals surface area contributed by atoms with Gasteiger partial charge in [0.1, 0.15) is 0 Å². The number of nitro groups is 1. The molecule has 15 heavy (non-hydrogen) atoms. The molecule has 0 spiro atoms. The van der Waals surface area contributed by atoms with Crippen molar-refractivity contribution in [1.29, 1.82) is 0 Å². The molecule has 7 heteroatoms. The molecule has 1 saturated carbocycles. The van der Waals surface area contributed by atoms with E-state index in [9.17, 15) is 10.1 Å². The van der Waals surface area contributed by atoms with Crippen LogP contribution in [0.2, 0.25) is 0 Å². The van der Waals surface area contributed by atoms with Crippen LogP contribution in [-0.2, 0) is 0 Å². The zero-order chi connectivity index (χ0) is 11.3. The van der Waals surface area contributed by atoms with E-state index in [0.717, 1.165) is 25.0 Å². The van der Waals surface area contributed by atoms with Gasteiger partial charge in [-0.05, 0) is 25.2 Å². The Morgan fingerprint density at radius 1 is 1.67 bits per heavy atom. The molecule has 0 bridgehead atoms. The van der Waals surface area contributed by atoms with E-state index >= 15 is 0 Å². The SMILES string of the molecule is CC1CCCC/C1=N/N=C(\N)N[N+](=O)[O-]. The molecule has 84 valence electrons. The number of nitrogens with one attached hydrogen (secondary N) is 1. The fraction of sp³-hybridized carbons (Fsp3) is 0.750. The molecule has 1 aliphatic carbocycles. The second-order valence-corrected chi connectivity index (χ2v) is 3.59. The predicted molar refractivity (Wildman–Crippen MR) is 56.8 cm³/mol. The summed E-state index contributed by atoms with van der Waals surface area (Å²) in [5.74, 6) is 0.108. The predicted octanol–water partition coefficient (Wildman–Crippen LogP) is 0.649. The average molecular weight is 213 g/mol. The number of hydrazine groups is 1. The van der Waals surface area contributed by atoms with Crippen LogP contribution >= 0.6 is 0 Å². The summed E-state index contributed by atoms with van der Waals surface area (Å²) in [6, 6.07) is 0. The summed E-state index contributed by atoms with van der Waals surface area (Å²) in [4.78, 5) is 10.0. The van der Waals surface area contributed by atoms with Gasteiger partial charge >= 0.3 is 0 Å². The van der Waals surface area contributed by atoms with Crippen molar-refractivity contribution in [3.63, 3.8) is 0 Å². The van der Waals surface area contributed by atoms with Crippen molar-refractivity contribution < 1.29 is 5.03 Å². The molecule has 0 aliphatic heterocycles. The van der Waals surface area contributed by atoms with Crippen molar-refractivity contribution in [1.82, 2.24) is 5.43 Å². The molecule has 1 aliphatic rings. The maximum atomic E-state index is 10.0. The summed E-state index contributed by atoms with van der Waals surface area (Å²) in [5.41, 5.74) is 7.93. The van der Waals surface area contributed by atoms with E-state index in [0.29, 0.717) is 5.92 Å². The Morgan fingerprint density at radius 3 is 3.00 bits per heavy atom. The normalized spacial score (nSPS) is 25.3. The Kier molecular flexibility index (Phi) is 4.02. The van der Waals surface area contributed by atoms with Crippen LogP contribution in [0, 0.1) is 16.0 Å². The Bertz CT molecular complexity index is 299. The van der Waals surface area contributed by atoms with Crippen molar-refractivity contribution in [2.45, 2.75) is 32.6 Å². The van der Waals surface area contributed by atoms with Crippen molar-refractivity contribution >= 4 is 11.7 Å². The average Bonchev–Trinajstić information content (AvgIpc) is 2.15. The number of nitrogens with two attached hydrogens (primary N) is 1. The van der Waals surface area contributed by atoms with Crippen molar-refractivity contribution in [3.8, 4) is 0 Å². The van der Waals surface area contributed by atoms with Crippen LogP contribution < -0.4 is 11.2 Å². The molecule has 0 heterocycles. The Hall–Kier alpha value is -1.66. The first-order chi connectivity index (χ1) is 7.09. The highest BCUT2D eigenvalue weighted by Crippen LogP contribution is 2.20. The molecule has 0 radical (unpaired) electrons. The fourth-order valence-electron chi connectivity index (χ4n) is 1.55. The Labute approximate surface area is 87.6 Å². The Balaban J connectivity index is 2.57. The minimum atomic E-state index is -0.761. The van der Waals surface area contributed by atoms with Crippen molar-refractivity contribution in [2.24, 2.45) is 21.9 Å². The highest BCUT2D eigenvalue weighted by Gasteiger charge is 2.15. The highest BCUT2D eigenvalue weighted by molar-refractivity contribution is 5.88. The number of guanidine groups is 1. The van der Waals surface area contributed by atoms with Gasteiger partial charge in [0, 0.05) is 5.71 Å². The fourth-order valence-corrected chi connectivity index (χ4v) is 1.55. The molecule has 3 N–H and O–H groups in total. The maximum Gasteiger partial charge on any atom is 0.275 e. The summed E-state index contributed by atoms with van der Waals surface area (Å²) in [5, 5.41) is 16.7. The molecule has 0 aromatic heterocycles. The molecular formula is C8H15N5O2. The molecule has 1 unspecified atom stereocenters. The highest BCUT2D eigenvalue weighted by atomic mass is 16.7. The van der Waals surface area contributed by atoms with Crippen LogP contribution in [0.4, 0.5) is 0 Å². The zero-order valence-corrected chi connectivity index (χ0v) is 8.64. The second-order valence-electron chi connectivity index (χ2n) is 3.59. The van der Waals surface area contributed by atoms with Crippen molar-refractivity contribution in [2.75, 3.05) is 0 Å². The lowest BCUT2D eigenvalue weighted by atomic mass is 9.89. The first kappa shape index (κ1) is 11.4. The minimum Gasteiger partial charge on any atom is -0.364 e.